The van der Waals surface area contributed by atoms with Crippen LogP contribution in [0, 0.1) is 5.92 Å². The molecule has 0 radical (unpaired) electrons. The molecule has 0 fully saturated rings. The molecule has 1 unspecified atom stereocenters. The molecule has 0 saturated heterocycles. The molecule has 9 heteroatoms. The van der Waals surface area contributed by atoms with E-state index in [9.17, 15) is 13.2 Å². The van der Waals surface area contributed by atoms with Crippen molar-refractivity contribution in [1.82, 2.24) is 10.0 Å². The van der Waals surface area contributed by atoms with Gasteiger partial charge in [-0.1, -0.05) is 13.8 Å². The summed E-state index contributed by atoms with van der Waals surface area (Å²) in [6, 6.07) is 5.09. The number of hydrogen-bond donors (Lipinski definition) is 3. The molecule has 7 nitrogen and oxygen atoms in total. The monoisotopic (exact) mass is 365 g/mol. The van der Waals surface area contributed by atoms with Gasteiger partial charge < -0.3 is 15.8 Å². The zero-order valence-corrected chi connectivity index (χ0v) is 15.0. The zero-order chi connectivity index (χ0) is 16.8. The fourth-order valence-corrected chi connectivity index (χ4v) is 3.13. The van der Waals surface area contributed by atoms with Gasteiger partial charge in [0.05, 0.1) is 12.0 Å². The minimum absolute atomic E-state index is 0. The van der Waals surface area contributed by atoms with Gasteiger partial charge in [-0.15, -0.1) is 12.4 Å². The molecule has 23 heavy (non-hydrogen) atoms. The number of carbonyl (C=O) groups excluding carboxylic acids is 1. The number of nitrogens with one attached hydrogen (secondary N) is 2. The van der Waals surface area contributed by atoms with Crippen LogP contribution in [0.1, 0.15) is 13.8 Å². The molecule has 0 saturated carbocycles. The van der Waals surface area contributed by atoms with Crippen molar-refractivity contribution in [3.63, 3.8) is 0 Å². The van der Waals surface area contributed by atoms with Gasteiger partial charge in [-0.3, -0.25) is 4.79 Å². The van der Waals surface area contributed by atoms with E-state index in [0.717, 1.165) is 0 Å². The van der Waals surface area contributed by atoms with Gasteiger partial charge >= 0.3 is 0 Å². The zero-order valence-electron chi connectivity index (χ0n) is 13.4. The van der Waals surface area contributed by atoms with Crippen molar-refractivity contribution in [2.75, 3.05) is 20.2 Å². The van der Waals surface area contributed by atoms with Crippen molar-refractivity contribution >= 4 is 28.3 Å². The normalized spacial score (nSPS) is 12.4. The Hall–Kier alpha value is -1.35. The molecule has 1 atom stereocenters. The third-order valence-electron chi connectivity index (χ3n) is 3.04. The molecule has 0 heterocycles. The lowest BCUT2D eigenvalue weighted by atomic mass is 10.1. The van der Waals surface area contributed by atoms with E-state index in [4.69, 9.17) is 10.5 Å². The van der Waals surface area contributed by atoms with Crippen LogP contribution in [0.3, 0.4) is 0 Å². The van der Waals surface area contributed by atoms with Crippen molar-refractivity contribution in [2.24, 2.45) is 11.7 Å². The maximum atomic E-state index is 12.4. The van der Waals surface area contributed by atoms with Crippen LogP contribution in [0.25, 0.3) is 0 Å². The summed E-state index contributed by atoms with van der Waals surface area (Å²) < 4.78 is 32.2. The van der Waals surface area contributed by atoms with Crippen molar-refractivity contribution in [3.05, 3.63) is 24.3 Å². The van der Waals surface area contributed by atoms with E-state index >= 15 is 0 Å². The summed E-state index contributed by atoms with van der Waals surface area (Å²) in [5, 5.41) is 2.60. The van der Waals surface area contributed by atoms with E-state index in [-0.39, 0.29) is 23.2 Å². The fraction of sp³-hybridized carbons (Fsp3) is 0.500. The Labute approximate surface area is 143 Å². The molecule has 1 rings (SSSR count). The fourth-order valence-electron chi connectivity index (χ4n) is 1.79. The summed E-state index contributed by atoms with van der Waals surface area (Å²) in [5.74, 6) is -0.0385. The van der Waals surface area contributed by atoms with E-state index in [2.05, 4.69) is 10.0 Å². The van der Waals surface area contributed by atoms with Gasteiger partial charge in [-0.25, -0.2) is 8.42 Å². The summed E-state index contributed by atoms with van der Waals surface area (Å²) in [4.78, 5) is 12.1. The largest absolute Gasteiger partial charge is 0.497 e. The molecule has 0 aliphatic rings. The lowest BCUT2D eigenvalue weighted by Crippen LogP contribution is -2.50. The minimum Gasteiger partial charge on any atom is -0.497 e. The third kappa shape index (κ3) is 6.34. The Balaban J connectivity index is 0.00000484. The molecular formula is C14H24ClN3O4S. The molecule has 1 aromatic carbocycles. The average molecular weight is 366 g/mol. The summed E-state index contributed by atoms with van der Waals surface area (Å²) in [5.41, 5.74) is 5.33. The molecule has 1 amide bonds. The Morgan fingerprint density at radius 2 is 1.83 bits per heavy atom. The van der Waals surface area contributed by atoms with Crippen LogP contribution < -0.4 is 20.5 Å². The quantitative estimate of drug-likeness (QED) is 0.621. The minimum atomic E-state index is -3.80. The molecule has 0 spiro atoms. The second kappa shape index (κ2) is 9.71. The van der Waals surface area contributed by atoms with Crippen LogP contribution in [0.4, 0.5) is 0 Å². The summed E-state index contributed by atoms with van der Waals surface area (Å²) in [6.45, 7) is 4.13. The smallest absolute Gasteiger partial charge is 0.241 e. The maximum absolute atomic E-state index is 12.4. The number of hydrogen-bond acceptors (Lipinski definition) is 5. The lowest BCUT2D eigenvalue weighted by molar-refractivity contribution is -0.123. The van der Waals surface area contributed by atoms with Crippen LogP contribution in [-0.2, 0) is 14.8 Å². The van der Waals surface area contributed by atoms with Crippen molar-refractivity contribution in [1.29, 1.82) is 0 Å². The maximum Gasteiger partial charge on any atom is 0.241 e. The molecule has 132 valence electrons. The average Bonchev–Trinajstić information content (AvgIpc) is 2.50. The standard InChI is InChI=1S/C14H23N3O4S.ClH/c1-10(2)13(14(18)16-9-8-15)17-22(19,20)12-6-4-11(21-3)5-7-12;/h4-7,10,13,17H,8-9,15H2,1-3H3,(H,16,18);1H. The van der Waals surface area contributed by atoms with E-state index in [1.807, 2.05) is 0 Å². The first kappa shape index (κ1) is 21.6. The van der Waals surface area contributed by atoms with Gasteiger partial charge in [0, 0.05) is 13.1 Å². The van der Waals surface area contributed by atoms with Crippen LogP contribution >= 0.6 is 12.4 Å². The summed E-state index contributed by atoms with van der Waals surface area (Å²) in [6.07, 6.45) is 0. The second-order valence-electron chi connectivity index (χ2n) is 5.10. The topological polar surface area (TPSA) is 111 Å². The highest BCUT2D eigenvalue weighted by atomic mass is 35.5. The number of ether oxygens (including phenoxy) is 1. The van der Waals surface area contributed by atoms with Crippen LogP contribution in [0.5, 0.6) is 5.75 Å². The van der Waals surface area contributed by atoms with Crippen LogP contribution in [0.15, 0.2) is 29.2 Å². The number of nitrogens with two attached hydrogens (primary N) is 1. The molecule has 0 aliphatic heterocycles. The predicted octanol–water partition coefficient (Wildman–Crippen LogP) is 0.495. The van der Waals surface area contributed by atoms with Crippen molar-refractivity contribution in [3.8, 4) is 5.75 Å². The molecule has 0 bridgehead atoms. The summed E-state index contributed by atoms with van der Waals surface area (Å²) >= 11 is 0. The van der Waals surface area contributed by atoms with Crippen molar-refractivity contribution < 1.29 is 17.9 Å². The summed E-state index contributed by atoms with van der Waals surface area (Å²) in [7, 11) is -2.30. The Morgan fingerprint density at radius 1 is 1.26 bits per heavy atom. The Morgan fingerprint density at radius 3 is 2.26 bits per heavy atom. The van der Waals surface area contributed by atoms with E-state index in [1.54, 1.807) is 26.0 Å². The third-order valence-corrected chi connectivity index (χ3v) is 4.50. The van der Waals surface area contributed by atoms with Gasteiger partial charge in [0.15, 0.2) is 0 Å². The Kier molecular flexibility index (Phi) is 9.14. The van der Waals surface area contributed by atoms with E-state index in [1.165, 1.54) is 19.2 Å². The number of benzene rings is 1. The van der Waals surface area contributed by atoms with Crippen LogP contribution in [-0.4, -0.2) is 40.6 Å². The van der Waals surface area contributed by atoms with E-state index in [0.29, 0.717) is 18.8 Å². The molecule has 0 aromatic heterocycles. The number of sulfonamides is 1. The van der Waals surface area contributed by atoms with Gasteiger partial charge in [0.2, 0.25) is 15.9 Å². The first-order valence-electron chi connectivity index (χ1n) is 6.96. The predicted molar refractivity (Wildman–Crippen MR) is 91.3 cm³/mol. The highest BCUT2D eigenvalue weighted by molar-refractivity contribution is 7.89. The number of rotatable bonds is 8. The number of methoxy groups -OCH3 is 1. The van der Waals surface area contributed by atoms with E-state index < -0.39 is 22.0 Å². The molecule has 0 aliphatic carbocycles. The highest BCUT2D eigenvalue weighted by Crippen LogP contribution is 2.16. The van der Waals surface area contributed by atoms with Gasteiger partial charge in [-0.2, -0.15) is 4.72 Å². The van der Waals surface area contributed by atoms with Gasteiger partial charge in [0.25, 0.3) is 0 Å². The van der Waals surface area contributed by atoms with Gasteiger partial charge in [0.1, 0.15) is 11.8 Å². The number of halogens is 1. The van der Waals surface area contributed by atoms with Crippen LogP contribution in [0.2, 0.25) is 0 Å². The SMILES string of the molecule is COc1ccc(S(=O)(=O)NC(C(=O)NCCN)C(C)C)cc1.Cl. The Bertz CT molecular complexity index is 591. The first-order valence-corrected chi connectivity index (χ1v) is 8.44. The van der Waals surface area contributed by atoms with Crippen molar-refractivity contribution in [2.45, 2.75) is 24.8 Å². The number of carbonyl (C=O) groups is 1. The first-order chi connectivity index (χ1) is 10.3. The van der Waals surface area contributed by atoms with Gasteiger partial charge in [-0.05, 0) is 30.2 Å². The molecular weight excluding hydrogens is 342 g/mol. The number of amides is 1. The lowest BCUT2D eigenvalue weighted by Gasteiger charge is -2.21. The molecule has 1 aromatic rings. The highest BCUT2D eigenvalue weighted by Gasteiger charge is 2.28. The molecule has 4 N–H and O–H groups in total. The second-order valence-corrected chi connectivity index (χ2v) is 6.81.